The summed E-state index contributed by atoms with van der Waals surface area (Å²) in [4.78, 5) is 5.68. The Morgan fingerprint density at radius 1 is 1.73 bits per heavy atom. The second-order valence-electron chi connectivity index (χ2n) is 4.23. The lowest BCUT2D eigenvalue weighted by Gasteiger charge is -2.20. The lowest BCUT2D eigenvalue weighted by atomic mass is 10.0. The minimum Gasteiger partial charge on any atom is -0.396 e. The molecule has 2 N–H and O–H groups in total. The van der Waals surface area contributed by atoms with Gasteiger partial charge in [-0.15, -0.1) is 11.3 Å². The van der Waals surface area contributed by atoms with E-state index in [0.29, 0.717) is 5.92 Å². The Morgan fingerprint density at radius 2 is 2.60 bits per heavy atom. The second kappa shape index (κ2) is 5.05. The van der Waals surface area contributed by atoms with Gasteiger partial charge in [0.25, 0.3) is 0 Å². The van der Waals surface area contributed by atoms with Gasteiger partial charge in [0.2, 0.25) is 0 Å². The van der Waals surface area contributed by atoms with E-state index in [-0.39, 0.29) is 12.5 Å². The van der Waals surface area contributed by atoms with Crippen LogP contribution in [0.3, 0.4) is 0 Å². The number of rotatable bonds is 3. The van der Waals surface area contributed by atoms with Gasteiger partial charge in [0.1, 0.15) is 0 Å². The number of nitrogens with zero attached hydrogens (tertiary/aromatic N) is 1. The highest BCUT2D eigenvalue weighted by atomic mass is 32.1. The average Bonchev–Trinajstić information content (AvgIpc) is 2.78. The Hall–Kier alpha value is -0.450. The number of nitrogens with one attached hydrogen (secondary N) is 1. The quantitative estimate of drug-likeness (QED) is 0.824. The predicted octanol–water partition coefficient (Wildman–Crippen LogP) is 1.71. The molecule has 1 saturated heterocycles. The van der Waals surface area contributed by atoms with Crippen molar-refractivity contribution >= 4 is 11.3 Å². The van der Waals surface area contributed by atoms with Crippen LogP contribution < -0.4 is 5.32 Å². The molecule has 1 aromatic rings. The Morgan fingerprint density at radius 3 is 3.27 bits per heavy atom. The van der Waals surface area contributed by atoms with Crippen molar-refractivity contribution in [2.75, 3.05) is 19.7 Å². The Labute approximate surface area is 94.5 Å². The van der Waals surface area contributed by atoms with Gasteiger partial charge in [-0.25, -0.2) is 4.98 Å². The van der Waals surface area contributed by atoms with Gasteiger partial charge in [-0.2, -0.15) is 0 Å². The average molecular weight is 226 g/mol. The summed E-state index contributed by atoms with van der Waals surface area (Å²) < 4.78 is 0. The molecule has 0 saturated carbocycles. The monoisotopic (exact) mass is 226 g/mol. The van der Waals surface area contributed by atoms with Gasteiger partial charge < -0.3 is 10.4 Å². The van der Waals surface area contributed by atoms with Gasteiger partial charge in [-0.05, 0) is 19.4 Å². The molecule has 0 amide bonds. The molecule has 0 spiro atoms. The number of piperidine rings is 1. The molecular formula is C11H18N2OS. The van der Waals surface area contributed by atoms with Gasteiger partial charge in [-0.3, -0.25) is 0 Å². The SMILES string of the molecule is CC(CO)c1cnc(C2CCCNC2)s1. The summed E-state index contributed by atoms with van der Waals surface area (Å²) in [6.45, 7) is 4.45. The van der Waals surface area contributed by atoms with Crippen molar-refractivity contribution in [3.8, 4) is 0 Å². The van der Waals surface area contributed by atoms with Gasteiger partial charge in [0.15, 0.2) is 0 Å². The minimum absolute atomic E-state index is 0.213. The molecule has 1 aliphatic heterocycles. The van der Waals surface area contributed by atoms with Crippen LogP contribution in [0.4, 0.5) is 0 Å². The lowest BCUT2D eigenvalue weighted by molar-refractivity contribution is 0.274. The maximum atomic E-state index is 9.07. The zero-order valence-corrected chi connectivity index (χ0v) is 9.89. The van der Waals surface area contributed by atoms with Crippen LogP contribution in [0.25, 0.3) is 0 Å². The van der Waals surface area contributed by atoms with Crippen LogP contribution in [-0.4, -0.2) is 29.8 Å². The van der Waals surface area contributed by atoms with Gasteiger partial charge in [-0.1, -0.05) is 6.92 Å². The van der Waals surface area contributed by atoms with Gasteiger partial charge in [0, 0.05) is 29.5 Å². The molecule has 0 aromatic carbocycles. The normalized spacial score (nSPS) is 24.0. The first-order valence-electron chi connectivity index (χ1n) is 5.58. The van der Waals surface area contributed by atoms with E-state index in [4.69, 9.17) is 5.11 Å². The molecule has 84 valence electrons. The molecule has 2 unspecified atom stereocenters. The minimum atomic E-state index is 0.213. The molecule has 3 nitrogen and oxygen atoms in total. The third-order valence-corrected chi connectivity index (χ3v) is 4.34. The molecule has 15 heavy (non-hydrogen) atoms. The van der Waals surface area contributed by atoms with Crippen LogP contribution in [-0.2, 0) is 0 Å². The molecular weight excluding hydrogens is 208 g/mol. The van der Waals surface area contributed by atoms with Crippen LogP contribution >= 0.6 is 11.3 Å². The van der Waals surface area contributed by atoms with Crippen LogP contribution in [0.2, 0.25) is 0 Å². The van der Waals surface area contributed by atoms with E-state index in [9.17, 15) is 0 Å². The molecule has 2 rings (SSSR count). The molecule has 1 fully saturated rings. The summed E-state index contributed by atoms with van der Waals surface area (Å²) in [6, 6.07) is 0. The van der Waals surface area contributed by atoms with E-state index >= 15 is 0 Å². The molecule has 2 atom stereocenters. The number of aliphatic hydroxyl groups excluding tert-OH is 1. The van der Waals surface area contributed by atoms with Crippen LogP contribution in [0.15, 0.2) is 6.20 Å². The maximum absolute atomic E-state index is 9.07. The Bertz CT molecular complexity index is 307. The standard InChI is InChI=1S/C11H18N2OS/c1-8(7-14)10-6-13-11(15-10)9-3-2-4-12-5-9/h6,8-9,12,14H,2-5,7H2,1H3. The molecule has 0 radical (unpaired) electrons. The fourth-order valence-corrected chi connectivity index (χ4v) is 2.97. The summed E-state index contributed by atoms with van der Waals surface area (Å²) in [5.41, 5.74) is 0. The van der Waals surface area contributed by atoms with E-state index in [1.807, 2.05) is 13.1 Å². The zero-order chi connectivity index (χ0) is 10.7. The van der Waals surface area contributed by atoms with Crippen molar-refractivity contribution in [1.29, 1.82) is 0 Å². The van der Waals surface area contributed by atoms with Crippen molar-refractivity contribution in [3.63, 3.8) is 0 Å². The zero-order valence-electron chi connectivity index (χ0n) is 9.07. The maximum Gasteiger partial charge on any atom is 0.0971 e. The molecule has 2 heterocycles. The lowest BCUT2D eigenvalue weighted by Crippen LogP contribution is -2.28. The van der Waals surface area contributed by atoms with Gasteiger partial charge in [0.05, 0.1) is 11.6 Å². The van der Waals surface area contributed by atoms with E-state index in [1.165, 1.54) is 22.7 Å². The van der Waals surface area contributed by atoms with Crippen molar-refractivity contribution in [2.24, 2.45) is 0 Å². The first-order valence-corrected chi connectivity index (χ1v) is 6.40. The first kappa shape index (κ1) is 11.0. The highest BCUT2D eigenvalue weighted by Crippen LogP contribution is 2.30. The number of hydrogen-bond donors (Lipinski definition) is 2. The van der Waals surface area contributed by atoms with Crippen LogP contribution in [0.1, 0.15) is 41.5 Å². The fraction of sp³-hybridized carbons (Fsp3) is 0.727. The smallest absolute Gasteiger partial charge is 0.0971 e. The topological polar surface area (TPSA) is 45.2 Å². The van der Waals surface area contributed by atoms with Crippen LogP contribution in [0, 0.1) is 0 Å². The largest absolute Gasteiger partial charge is 0.396 e. The Kier molecular flexibility index (Phi) is 3.72. The fourth-order valence-electron chi connectivity index (χ4n) is 1.87. The van der Waals surface area contributed by atoms with Crippen LogP contribution in [0.5, 0.6) is 0 Å². The third-order valence-electron chi connectivity index (χ3n) is 2.95. The highest BCUT2D eigenvalue weighted by molar-refractivity contribution is 7.11. The van der Waals surface area contributed by atoms with Crippen molar-refractivity contribution in [2.45, 2.75) is 31.6 Å². The third kappa shape index (κ3) is 2.56. The predicted molar refractivity (Wildman–Crippen MR) is 62.5 cm³/mol. The second-order valence-corrected chi connectivity index (χ2v) is 5.32. The van der Waals surface area contributed by atoms with Gasteiger partial charge >= 0.3 is 0 Å². The van der Waals surface area contributed by atoms with E-state index in [1.54, 1.807) is 11.3 Å². The van der Waals surface area contributed by atoms with E-state index in [0.717, 1.165) is 13.1 Å². The molecule has 0 bridgehead atoms. The first-order chi connectivity index (χ1) is 7.31. The summed E-state index contributed by atoms with van der Waals surface area (Å²) in [6.07, 6.45) is 4.41. The summed E-state index contributed by atoms with van der Waals surface area (Å²) in [5, 5.41) is 13.7. The highest BCUT2D eigenvalue weighted by Gasteiger charge is 2.19. The molecule has 1 aliphatic rings. The molecule has 4 heteroatoms. The van der Waals surface area contributed by atoms with E-state index in [2.05, 4.69) is 10.3 Å². The number of thiazole rings is 1. The van der Waals surface area contributed by atoms with Crippen molar-refractivity contribution in [1.82, 2.24) is 10.3 Å². The number of aromatic nitrogens is 1. The Balaban J connectivity index is 2.05. The number of aliphatic hydroxyl groups is 1. The van der Waals surface area contributed by atoms with Crippen molar-refractivity contribution < 1.29 is 5.11 Å². The summed E-state index contributed by atoms with van der Waals surface area (Å²) >= 11 is 1.76. The summed E-state index contributed by atoms with van der Waals surface area (Å²) in [5.74, 6) is 0.816. The van der Waals surface area contributed by atoms with Crippen molar-refractivity contribution in [3.05, 3.63) is 16.1 Å². The number of hydrogen-bond acceptors (Lipinski definition) is 4. The van der Waals surface area contributed by atoms with E-state index < -0.39 is 0 Å². The molecule has 0 aliphatic carbocycles. The molecule has 1 aromatic heterocycles. The summed E-state index contributed by atoms with van der Waals surface area (Å²) in [7, 11) is 0.